The average molecular weight is 451 g/mol. The largest absolute Gasteiger partial charge is 0.419 e. The fourth-order valence-corrected chi connectivity index (χ4v) is 3.54. The van der Waals surface area contributed by atoms with Crippen molar-refractivity contribution in [3.05, 3.63) is 29.8 Å². The summed E-state index contributed by atoms with van der Waals surface area (Å²) in [7, 11) is 1.77. The zero-order valence-electron chi connectivity index (χ0n) is 16.7. The lowest BCUT2D eigenvalue weighted by Crippen LogP contribution is -2.26. The molecule has 1 saturated heterocycles. The summed E-state index contributed by atoms with van der Waals surface area (Å²) in [6, 6.07) is 0.702. The molecular weight excluding hydrogens is 428 g/mol. The fraction of sp³-hybridized carbons (Fsp3) is 0.579. The Morgan fingerprint density at radius 2 is 1.81 bits per heavy atom. The number of halogens is 6. The highest BCUT2D eigenvalue weighted by Gasteiger charge is 2.44. The molecule has 172 valence electrons. The van der Waals surface area contributed by atoms with Crippen molar-refractivity contribution in [1.29, 1.82) is 0 Å². The number of hydrogen-bond acceptors (Lipinski definition) is 5. The number of ether oxygens (including phenoxy) is 1. The molecule has 2 aromatic heterocycles. The van der Waals surface area contributed by atoms with Gasteiger partial charge in [-0.1, -0.05) is 0 Å². The molecule has 4 rings (SSSR count). The minimum atomic E-state index is -4.71. The summed E-state index contributed by atoms with van der Waals surface area (Å²) >= 11 is 0. The number of anilines is 1. The van der Waals surface area contributed by atoms with Crippen LogP contribution < -0.4 is 5.73 Å². The Morgan fingerprint density at radius 3 is 2.39 bits per heavy atom. The molecule has 3 heterocycles. The second-order valence-corrected chi connectivity index (χ2v) is 7.70. The normalized spacial score (nSPS) is 20.9. The van der Waals surface area contributed by atoms with Gasteiger partial charge in [-0.15, -0.1) is 0 Å². The molecule has 1 aliphatic carbocycles. The Bertz CT molecular complexity index is 871. The first kappa shape index (κ1) is 23.3. The topological polar surface area (TPSA) is 80.1 Å². The number of aromatic amines is 1. The monoisotopic (exact) mass is 451 g/mol. The van der Waals surface area contributed by atoms with Crippen molar-refractivity contribution in [3.63, 3.8) is 0 Å². The number of alkyl halides is 6. The molecule has 31 heavy (non-hydrogen) atoms. The number of nitrogens with zero attached hydrogens (tertiary/aromatic N) is 3. The van der Waals surface area contributed by atoms with Crippen LogP contribution in [0.25, 0.3) is 11.3 Å². The lowest BCUT2D eigenvalue weighted by atomic mass is 10.1. The molecule has 1 aliphatic heterocycles. The van der Waals surface area contributed by atoms with Crippen molar-refractivity contribution in [2.45, 2.75) is 25.2 Å². The molecule has 12 heteroatoms. The number of imidazole rings is 1. The maximum atomic E-state index is 12.7. The van der Waals surface area contributed by atoms with Gasteiger partial charge in [0.05, 0.1) is 24.1 Å². The van der Waals surface area contributed by atoms with Crippen LogP contribution in [0.4, 0.5) is 32.2 Å². The van der Waals surface area contributed by atoms with E-state index >= 15 is 0 Å². The Hall–Kier alpha value is -2.34. The van der Waals surface area contributed by atoms with E-state index in [1.807, 2.05) is 0 Å². The molecule has 2 atom stereocenters. The first-order valence-electron chi connectivity index (χ1n) is 9.61. The molecule has 0 amide bonds. The summed E-state index contributed by atoms with van der Waals surface area (Å²) in [5.74, 6) is 1.03. The van der Waals surface area contributed by atoms with Crippen molar-refractivity contribution in [2.75, 3.05) is 39.1 Å². The van der Waals surface area contributed by atoms with Gasteiger partial charge in [0, 0.05) is 38.5 Å². The first-order chi connectivity index (χ1) is 14.5. The third-order valence-electron chi connectivity index (χ3n) is 5.20. The van der Waals surface area contributed by atoms with Crippen LogP contribution >= 0.6 is 0 Å². The number of rotatable bonds is 5. The van der Waals surface area contributed by atoms with Crippen LogP contribution in [0.2, 0.25) is 0 Å². The van der Waals surface area contributed by atoms with E-state index in [0.717, 1.165) is 37.4 Å². The summed E-state index contributed by atoms with van der Waals surface area (Å²) in [6.45, 7) is 4.73. The number of nitrogens with one attached hydrogen (secondary N) is 1. The van der Waals surface area contributed by atoms with Gasteiger partial charge >= 0.3 is 12.4 Å². The zero-order valence-corrected chi connectivity index (χ0v) is 16.7. The molecule has 0 aromatic carbocycles. The smallest absolute Gasteiger partial charge is 0.383 e. The van der Waals surface area contributed by atoms with E-state index in [1.54, 1.807) is 7.11 Å². The number of methoxy groups -OCH3 is 1. The molecule has 6 nitrogen and oxygen atoms in total. The molecule has 1 saturated carbocycles. The van der Waals surface area contributed by atoms with Crippen molar-refractivity contribution in [1.82, 2.24) is 19.9 Å². The van der Waals surface area contributed by atoms with E-state index in [0.29, 0.717) is 6.07 Å². The molecule has 2 aromatic rings. The van der Waals surface area contributed by atoms with E-state index in [1.165, 1.54) is 19.5 Å². The van der Waals surface area contributed by atoms with Crippen molar-refractivity contribution in [3.8, 4) is 11.3 Å². The minimum Gasteiger partial charge on any atom is -0.383 e. The van der Waals surface area contributed by atoms with Gasteiger partial charge in [0.15, 0.2) is 0 Å². The summed E-state index contributed by atoms with van der Waals surface area (Å²) in [4.78, 5) is 11.7. The second-order valence-electron chi connectivity index (χ2n) is 7.70. The van der Waals surface area contributed by atoms with Gasteiger partial charge in [0.1, 0.15) is 18.1 Å². The van der Waals surface area contributed by atoms with Gasteiger partial charge in [-0.2, -0.15) is 26.3 Å². The lowest BCUT2D eigenvalue weighted by molar-refractivity contribution is -0.137. The lowest BCUT2D eigenvalue weighted by Gasteiger charge is -2.15. The first-order valence-corrected chi connectivity index (χ1v) is 9.61. The van der Waals surface area contributed by atoms with Crippen LogP contribution in [-0.2, 0) is 17.3 Å². The number of H-pyrrole nitrogens is 1. The van der Waals surface area contributed by atoms with Crippen LogP contribution in [0, 0.1) is 11.8 Å². The Kier molecular flexibility index (Phi) is 6.79. The maximum absolute atomic E-state index is 12.7. The quantitative estimate of drug-likeness (QED) is 0.677. The molecule has 2 aliphatic rings. The third kappa shape index (κ3) is 6.57. The van der Waals surface area contributed by atoms with E-state index in [4.69, 9.17) is 10.5 Å². The van der Waals surface area contributed by atoms with Gasteiger partial charge in [-0.3, -0.25) is 0 Å². The molecule has 0 spiro atoms. The van der Waals surface area contributed by atoms with E-state index in [9.17, 15) is 26.3 Å². The average Bonchev–Trinajstić information content (AvgIpc) is 3.05. The van der Waals surface area contributed by atoms with Gasteiger partial charge < -0.3 is 20.4 Å². The zero-order chi connectivity index (χ0) is 22.8. The standard InChI is InChI=1S/C11H8F6N4.C8H15NO/c12-10(13,14)2-8-19-4-7(21-8)5-1-6(11(15,16)17)9(18)20-3-5;1-10-3-2-9-5-7-4-8(7)6-9/h1,3-4H,2H2,(H2,18,20)(H,19,21);7-8H,2-6H2,1H3. The Balaban J connectivity index is 0.000000225. The van der Waals surface area contributed by atoms with Gasteiger partial charge in [-0.05, 0) is 24.3 Å². The molecule has 0 bridgehead atoms. The Labute approximate surface area is 174 Å². The van der Waals surface area contributed by atoms with Crippen LogP contribution in [0.5, 0.6) is 0 Å². The van der Waals surface area contributed by atoms with Crippen LogP contribution in [0.1, 0.15) is 17.8 Å². The number of fused-ring (bicyclic) bond motifs is 1. The van der Waals surface area contributed by atoms with Crippen molar-refractivity contribution < 1.29 is 31.1 Å². The summed E-state index contributed by atoms with van der Waals surface area (Å²) in [6.07, 6.45) is -6.94. The van der Waals surface area contributed by atoms with E-state index < -0.39 is 36.0 Å². The Morgan fingerprint density at radius 1 is 1.13 bits per heavy atom. The number of nitrogens with two attached hydrogens (primary N) is 1. The molecule has 2 unspecified atom stereocenters. The number of pyridine rings is 1. The highest BCUT2D eigenvalue weighted by molar-refractivity contribution is 5.61. The van der Waals surface area contributed by atoms with Crippen molar-refractivity contribution >= 4 is 5.82 Å². The van der Waals surface area contributed by atoms with Crippen LogP contribution in [0.15, 0.2) is 18.5 Å². The van der Waals surface area contributed by atoms with Gasteiger partial charge in [-0.25, -0.2) is 9.97 Å². The van der Waals surface area contributed by atoms with Gasteiger partial charge in [0.25, 0.3) is 0 Å². The molecule has 2 fully saturated rings. The van der Waals surface area contributed by atoms with Gasteiger partial charge in [0.2, 0.25) is 0 Å². The van der Waals surface area contributed by atoms with E-state index in [-0.39, 0.29) is 11.3 Å². The summed E-state index contributed by atoms with van der Waals surface area (Å²) < 4.78 is 79.6. The number of aromatic nitrogens is 3. The van der Waals surface area contributed by atoms with Crippen LogP contribution in [-0.4, -0.2) is 59.4 Å². The maximum Gasteiger partial charge on any atom is 0.419 e. The van der Waals surface area contributed by atoms with Crippen molar-refractivity contribution in [2.24, 2.45) is 11.8 Å². The third-order valence-corrected chi connectivity index (χ3v) is 5.20. The number of likely N-dealkylation sites (tertiary alicyclic amines) is 1. The molecule has 3 N–H and O–H groups in total. The predicted octanol–water partition coefficient (Wildman–Crippen LogP) is 3.76. The second kappa shape index (κ2) is 9.03. The molecule has 0 radical (unpaired) electrons. The highest BCUT2D eigenvalue weighted by Crippen LogP contribution is 2.44. The molecular formula is C19H23F6N5O. The fourth-order valence-electron chi connectivity index (χ4n) is 3.54. The number of piperidine rings is 1. The summed E-state index contributed by atoms with van der Waals surface area (Å²) in [5, 5.41) is 0. The minimum absolute atomic E-state index is 0.00718. The SMILES string of the molecule is COCCN1CC2CC2C1.Nc1ncc(-c2cnc(CC(F)(F)F)[nH]2)cc1C(F)(F)F. The number of nitrogen functional groups attached to an aromatic ring is 1. The van der Waals surface area contributed by atoms with Crippen LogP contribution in [0.3, 0.4) is 0 Å². The van der Waals surface area contributed by atoms with E-state index in [2.05, 4.69) is 19.9 Å². The number of hydrogen-bond donors (Lipinski definition) is 2. The predicted molar refractivity (Wildman–Crippen MR) is 101 cm³/mol. The highest BCUT2D eigenvalue weighted by atomic mass is 19.4. The summed E-state index contributed by atoms with van der Waals surface area (Å²) in [5.41, 5.74) is 3.91.